The monoisotopic (exact) mass is 238 g/mol. The molecule has 0 bridgehead atoms. The van der Waals surface area contributed by atoms with Crippen molar-refractivity contribution in [2.45, 2.75) is 24.7 Å². The first-order valence-electron chi connectivity index (χ1n) is 5.33. The fourth-order valence-corrected chi connectivity index (χ4v) is 2.13. The van der Waals surface area contributed by atoms with Gasteiger partial charge in [-0.2, -0.15) is 5.10 Å². The number of rotatable bonds is 4. The number of esters is 1. The fraction of sp³-hybridized carbons (Fsp3) is 0.545. The summed E-state index contributed by atoms with van der Waals surface area (Å²) >= 11 is 0. The molecule has 0 aliphatic heterocycles. The Hall–Kier alpha value is -1.85. The van der Waals surface area contributed by atoms with E-state index >= 15 is 0 Å². The zero-order valence-electron chi connectivity index (χ0n) is 9.77. The van der Waals surface area contributed by atoms with Gasteiger partial charge in [0.15, 0.2) is 5.69 Å². The second kappa shape index (κ2) is 3.87. The molecule has 0 unspecified atom stereocenters. The van der Waals surface area contributed by atoms with Crippen LogP contribution in [0.25, 0.3) is 0 Å². The number of nitrogens with zero attached hydrogens (tertiary/aromatic N) is 2. The van der Waals surface area contributed by atoms with Gasteiger partial charge in [-0.05, 0) is 18.9 Å². The van der Waals surface area contributed by atoms with Crippen LogP contribution in [0.4, 0.5) is 0 Å². The molecule has 0 saturated heterocycles. The SMILES string of the molecule is COC(=O)c1cc(C2(CC(=O)O)CC2)n(C)n1. The van der Waals surface area contributed by atoms with E-state index in [9.17, 15) is 9.59 Å². The molecule has 1 aromatic rings. The number of carbonyl (C=O) groups is 2. The van der Waals surface area contributed by atoms with Gasteiger partial charge in [0.1, 0.15) is 0 Å². The number of carboxylic acids is 1. The number of aromatic nitrogens is 2. The maximum atomic E-state index is 11.3. The molecule has 1 fully saturated rings. The summed E-state index contributed by atoms with van der Waals surface area (Å²) in [7, 11) is 3.00. The summed E-state index contributed by atoms with van der Waals surface area (Å²) in [5.74, 6) is -1.33. The molecule has 17 heavy (non-hydrogen) atoms. The van der Waals surface area contributed by atoms with E-state index < -0.39 is 11.9 Å². The van der Waals surface area contributed by atoms with E-state index in [1.54, 1.807) is 17.8 Å². The van der Waals surface area contributed by atoms with Crippen LogP contribution in [-0.2, 0) is 22.0 Å². The van der Waals surface area contributed by atoms with E-state index in [4.69, 9.17) is 5.11 Å². The number of methoxy groups -OCH3 is 1. The Morgan fingerprint density at radius 2 is 2.24 bits per heavy atom. The van der Waals surface area contributed by atoms with Gasteiger partial charge in [-0.25, -0.2) is 4.79 Å². The molecule has 1 saturated carbocycles. The minimum Gasteiger partial charge on any atom is -0.481 e. The Morgan fingerprint density at radius 1 is 1.59 bits per heavy atom. The highest BCUT2D eigenvalue weighted by molar-refractivity contribution is 5.87. The van der Waals surface area contributed by atoms with Crippen LogP contribution < -0.4 is 0 Å². The summed E-state index contributed by atoms with van der Waals surface area (Å²) < 4.78 is 6.16. The molecule has 1 heterocycles. The quantitative estimate of drug-likeness (QED) is 0.781. The first-order chi connectivity index (χ1) is 7.98. The van der Waals surface area contributed by atoms with E-state index in [2.05, 4.69) is 9.84 Å². The van der Waals surface area contributed by atoms with Crippen molar-refractivity contribution in [1.29, 1.82) is 0 Å². The average Bonchev–Trinajstić information content (AvgIpc) is 2.91. The number of hydrogen-bond donors (Lipinski definition) is 1. The second-order valence-corrected chi connectivity index (χ2v) is 4.38. The number of carbonyl (C=O) groups excluding carboxylic acids is 1. The van der Waals surface area contributed by atoms with Crippen molar-refractivity contribution in [2.75, 3.05) is 7.11 Å². The molecule has 0 spiro atoms. The second-order valence-electron chi connectivity index (χ2n) is 4.38. The molecular weight excluding hydrogens is 224 g/mol. The van der Waals surface area contributed by atoms with Gasteiger partial charge in [0, 0.05) is 18.2 Å². The number of ether oxygens (including phenoxy) is 1. The highest BCUT2D eigenvalue weighted by Crippen LogP contribution is 2.50. The van der Waals surface area contributed by atoms with Crippen molar-refractivity contribution in [3.8, 4) is 0 Å². The predicted octanol–water partition coefficient (Wildman–Crippen LogP) is 0.713. The summed E-state index contributed by atoms with van der Waals surface area (Å²) in [6.45, 7) is 0. The van der Waals surface area contributed by atoms with Crippen LogP contribution in [0.1, 0.15) is 35.4 Å². The normalized spacial score (nSPS) is 16.6. The zero-order valence-corrected chi connectivity index (χ0v) is 9.77. The Morgan fingerprint density at radius 3 is 2.71 bits per heavy atom. The molecule has 1 N–H and O–H groups in total. The van der Waals surface area contributed by atoms with Gasteiger partial charge in [0.05, 0.1) is 13.5 Å². The number of aryl methyl sites for hydroxylation is 1. The van der Waals surface area contributed by atoms with Crippen LogP contribution in [-0.4, -0.2) is 33.9 Å². The predicted molar refractivity (Wildman–Crippen MR) is 57.7 cm³/mol. The van der Waals surface area contributed by atoms with E-state index in [1.165, 1.54) is 7.11 Å². The van der Waals surface area contributed by atoms with Gasteiger partial charge in [0.25, 0.3) is 0 Å². The lowest BCUT2D eigenvalue weighted by Crippen LogP contribution is -2.16. The van der Waals surface area contributed by atoms with Crippen LogP contribution >= 0.6 is 0 Å². The molecule has 6 nitrogen and oxygen atoms in total. The van der Waals surface area contributed by atoms with Gasteiger partial charge >= 0.3 is 11.9 Å². The molecule has 1 aliphatic carbocycles. The third-order valence-electron chi connectivity index (χ3n) is 3.16. The Bertz CT molecular complexity index is 474. The van der Waals surface area contributed by atoms with E-state index in [1.807, 2.05) is 0 Å². The molecule has 6 heteroatoms. The molecular formula is C11H14N2O4. The van der Waals surface area contributed by atoms with Crippen molar-refractivity contribution in [1.82, 2.24) is 9.78 Å². The molecule has 1 aromatic heterocycles. The van der Waals surface area contributed by atoms with E-state index in [0.29, 0.717) is 0 Å². The van der Waals surface area contributed by atoms with Gasteiger partial charge in [0.2, 0.25) is 0 Å². The zero-order chi connectivity index (χ0) is 12.6. The van der Waals surface area contributed by atoms with Gasteiger partial charge in [-0.15, -0.1) is 0 Å². The lowest BCUT2D eigenvalue weighted by molar-refractivity contribution is -0.137. The first-order valence-corrected chi connectivity index (χ1v) is 5.33. The van der Waals surface area contributed by atoms with Crippen LogP contribution in [0.3, 0.4) is 0 Å². The molecule has 0 amide bonds. The van der Waals surface area contributed by atoms with Gasteiger partial charge in [-0.1, -0.05) is 0 Å². The topological polar surface area (TPSA) is 81.4 Å². The van der Waals surface area contributed by atoms with Gasteiger partial charge in [-0.3, -0.25) is 9.48 Å². The van der Waals surface area contributed by atoms with Crippen molar-refractivity contribution >= 4 is 11.9 Å². The summed E-state index contributed by atoms with van der Waals surface area (Å²) in [6, 6.07) is 1.63. The Kier molecular flexibility index (Phi) is 2.65. The lowest BCUT2D eigenvalue weighted by Gasteiger charge is -2.11. The maximum Gasteiger partial charge on any atom is 0.358 e. The lowest BCUT2D eigenvalue weighted by atomic mass is 9.98. The van der Waals surface area contributed by atoms with E-state index in [-0.39, 0.29) is 17.5 Å². The molecule has 0 atom stereocenters. The number of hydrogen-bond acceptors (Lipinski definition) is 4. The molecule has 0 aromatic carbocycles. The summed E-state index contributed by atoms with van der Waals surface area (Å²) in [5.41, 5.74) is 0.668. The summed E-state index contributed by atoms with van der Waals surface area (Å²) in [6.07, 6.45) is 1.71. The highest BCUT2D eigenvalue weighted by Gasteiger charge is 2.48. The maximum absolute atomic E-state index is 11.3. The first kappa shape index (κ1) is 11.6. The third kappa shape index (κ3) is 2.02. The van der Waals surface area contributed by atoms with Crippen LogP contribution in [0.15, 0.2) is 6.07 Å². The van der Waals surface area contributed by atoms with Crippen LogP contribution in [0.2, 0.25) is 0 Å². The number of aliphatic carboxylic acids is 1. The summed E-state index contributed by atoms with van der Waals surface area (Å²) in [5, 5.41) is 12.9. The van der Waals surface area contributed by atoms with Crippen molar-refractivity contribution in [3.63, 3.8) is 0 Å². The standard InChI is InChI=1S/C11H14N2O4/c1-13-8(5-7(12-13)10(16)17-2)11(3-4-11)6-9(14)15/h5H,3-4,6H2,1-2H3,(H,14,15). The van der Waals surface area contributed by atoms with Gasteiger partial charge < -0.3 is 9.84 Å². The summed E-state index contributed by atoms with van der Waals surface area (Å²) in [4.78, 5) is 22.1. The van der Waals surface area contributed by atoms with Crippen molar-refractivity contribution in [2.24, 2.45) is 7.05 Å². The number of carboxylic acid groups (broad SMARTS) is 1. The molecule has 92 valence electrons. The third-order valence-corrected chi connectivity index (χ3v) is 3.16. The smallest absolute Gasteiger partial charge is 0.358 e. The minimum absolute atomic E-state index is 0.0765. The van der Waals surface area contributed by atoms with Crippen molar-refractivity contribution < 1.29 is 19.4 Å². The Labute approximate surface area is 98.2 Å². The largest absolute Gasteiger partial charge is 0.481 e. The minimum atomic E-state index is -0.830. The molecule has 0 radical (unpaired) electrons. The van der Waals surface area contributed by atoms with Crippen molar-refractivity contribution in [3.05, 3.63) is 17.5 Å². The van der Waals surface area contributed by atoms with Crippen LogP contribution in [0, 0.1) is 0 Å². The van der Waals surface area contributed by atoms with E-state index in [0.717, 1.165) is 18.5 Å². The molecule has 1 aliphatic rings. The van der Waals surface area contributed by atoms with Crippen LogP contribution in [0.5, 0.6) is 0 Å². The average molecular weight is 238 g/mol. The molecule has 2 rings (SSSR count). The fourth-order valence-electron chi connectivity index (χ4n) is 2.13. The Balaban J connectivity index is 2.30. The highest BCUT2D eigenvalue weighted by atomic mass is 16.5.